The summed E-state index contributed by atoms with van der Waals surface area (Å²) in [7, 11) is 3.12. The van der Waals surface area contributed by atoms with E-state index in [9.17, 15) is 4.79 Å². The lowest BCUT2D eigenvalue weighted by Gasteiger charge is -2.06. The van der Waals surface area contributed by atoms with Gasteiger partial charge in [-0.1, -0.05) is 11.3 Å². The van der Waals surface area contributed by atoms with Gasteiger partial charge in [0.05, 0.1) is 26.9 Å². The number of aromatic nitrogens is 2. The number of ether oxygens (including phenoxy) is 2. The van der Waals surface area contributed by atoms with Gasteiger partial charge in [-0.3, -0.25) is 4.79 Å². The molecule has 0 spiro atoms. The van der Waals surface area contributed by atoms with E-state index in [0.717, 1.165) is 0 Å². The Morgan fingerprint density at radius 3 is 2.86 bits per heavy atom. The molecule has 0 unspecified atom stereocenters. The summed E-state index contributed by atoms with van der Waals surface area (Å²) in [5.74, 6) is 0.959. The van der Waals surface area contributed by atoms with Crippen LogP contribution in [0.25, 0.3) is 0 Å². The zero-order valence-corrected chi connectivity index (χ0v) is 12.9. The third kappa shape index (κ3) is 4.16. The number of nitrogen functional groups attached to an aromatic ring is 1. The van der Waals surface area contributed by atoms with E-state index in [4.69, 9.17) is 15.2 Å². The molecule has 0 aliphatic heterocycles. The standard InChI is InChI=1S/C13H15N5O3S/c1-20-9-4-3-8(10(5-9)21-2)7-15-16-11(19)6-12-17-18-13(14)22-12/h3-5,7H,6H2,1-2H3,(H2,14,18)(H,16,19)/b15-7-. The average Bonchev–Trinajstić information content (AvgIpc) is 2.92. The van der Waals surface area contributed by atoms with Gasteiger partial charge in [-0.05, 0) is 12.1 Å². The molecule has 0 bridgehead atoms. The molecule has 8 nitrogen and oxygen atoms in total. The number of methoxy groups -OCH3 is 2. The van der Waals surface area contributed by atoms with Crippen LogP contribution < -0.4 is 20.6 Å². The molecule has 3 N–H and O–H groups in total. The van der Waals surface area contributed by atoms with E-state index in [1.165, 1.54) is 17.6 Å². The normalized spacial score (nSPS) is 10.6. The molecule has 2 aromatic rings. The van der Waals surface area contributed by atoms with Crippen molar-refractivity contribution in [1.29, 1.82) is 0 Å². The predicted molar refractivity (Wildman–Crippen MR) is 83.3 cm³/mol. The number of rotatable bonds is 6. The van der Waals surface area contributed by atoms with Crippen molar-refractivity contribution >= 4 is 28.6 Å². The molecule has 1 aromatic heterocycles. The molecule has 0 saturated heterocycles. The first-order valence-electron chi connectivity index (χ1n) is 6.24. The molecule has 0 aliphatic rings. The van der Waals surface area contributed by atoms with E-state index in [2.05, 4.69) is 20.7 Å². The predicted octanol–water partition coefficient (Wildman–Crippen LogP) is 0.830. The number of carbonyl (C=O) groups is 1. The third-order valence-corrected chi connectivity index (χ3v) is 3.38. The molecule has 0 atom stereocenters. The van der Waals surface area contributed by atoms with Crippen molar-refractivity contribution in [3.63, 3.8) is 0 Å². The minimum Gasteiger partial charge on any atom is -0.497 e. The maximum Gasteiger partial charge on any atom is 0.247 e. The molecule has 2 rings (SSSR count). The van der Waals surface area contributed by atoms with E-state index in [1.54, 1.807) is 32.4 Å². The first-order valence-corrected chi connectivity index (χ1v) is 7.06. The average molecular weight is 321 g/mol. The van der Waals surface area contributed by atoms with Crippen LogP contribution in [0.4, 0.5) is 5.13 Å². The Hall–Kier alpha value is -2.68. The molecule has 9 heteroatoms. The molecule has 22 heavy (non-hydrogen) atoms. The maximum absolute atomic E-state index is 11.7. The van der Waals surface area contributed by atoms with E-state index in [0.29, 0.717) is 27.2 Å². The van der Waals surface area contributed by atoms with Crippen LogP contribution in [-0.4, -0.2) is 36.5 Å². The molecule has 1 amide bonds. The van der Waals surface area contributed by atoms with Gasteiger partial charge in [-0.25, -0.2) is 5.43 Å². The minimum atomic E-state index is -0.306. The van der Waals surface area contributed by atoms with Gasteiger partial charge in [0.1, 0.15) is 16.5 Å². The molecular formula is C13H15N5O3S. The monoisotopic (exact) mass is 321 g/mol. The summed E-state index contributed by atoms with van der Waals surface area (Å²) < 4.78 is 10.3. The minimum absolute atomic E-state index is 0.0754. The number of hydrogen-bond donors (Lipinski definition) is 2. The summed E-state index contributed by atoms with van der Waals surface area (Å²) in [5, 5.41) is 12.2. The van der Waals surface area contributed by atoms with Crippen molar-refractivity contribution in [2.75, 3.05) is 20.0 Å². The zero-order valence-electron chi connectivity index (χ0n) is 12.1. The highest BCUT2D eigenvalue weighted by molar-refractivity contribution is 7.15. The van der Waals surface area contributed by atoms with Gasteiger partial charge in [-0.2, -0.15) is 5.10 Å². The van der Waals surface area contributed by atoms with Crippen molar-refractivity contribution in [3.8, 4) is 11.5 Å². The molecule has 0 radical (unpaired) electrons. The fourth-order valence-electron chi connectivity index (χ4n) is 1.61. The summed E-state index contributed by atoms with van der Waals surface area (Å²) in [5.41, 5.74) is 8.57. The van der Waals surface area contributed by atoms with Gasteiger partial charge < -0.3 is 15.2 Å². The third-order valence-electron chi connectivity index (χ3n) is 2.63. The quantitative estimate of drug-likeness (QED) is 0.602. The molecule has 116 valence electrons. The van der Waals surface area contributed by atoms with Crippen molar-refractivity contribution < 1.29 is 14.3 Å². The zero-order chi connectivity index (χ0) is 15.9. The molecule has 0 fully saturated rings. The van der Waals surface area contributed by atoms with E-state index >= 15 is 0 Å². The summed E-state index contributed by atoms with van der Waals surface area (Å²) >= 11 is 1.17. The first-order chi connectivity index (χ1) is 10.6. The highest BCUT2D eigenvalue weighted by atomic mass is 32.1. The largest absolute Gasteiger partial charge is 0.497 e. The van der Waals surface area contributed by atoms with Crippen molar-refractivity contribution in [2.45, 2.75) is 6.42 Å². The highest BCUT2D eigenvalue weighted by Gasteiger charge is 2.07. The lowest BCUT2D eigenvalue weighted by molar-refractivity contribution is -0.120. The van der Waals surface area contributed by atoms with Crippen molar-refractivity contribution in [2.24, 2.45) is 5.10 Å². The number of hydrogen-bond acceptors (Lipinski definition) is 8. The van der Waals surface area contributed by atoms with Gasteiger partial charge in [0.15, 0.2) is 0 Å². The number of hydrazone groups is 1. The Kier molecular flexibility index (Phi) is 5.26. The van der Waals surface area contributed by atoms with E-state index in [-0.39, 0.29) is 12.3 Å². The summed E-state index contributed by atoms with van der Waals surface area (Å²) in [6.07, 6.45) is 1.57. The van der Waals surface area contributed by atoms with Crippen LogP contribution in [0.5, 0.6) is 11.5 Å². The smallest absolute Gasteiger partial charge is 0.247 e. The Morgan fingerprint density at radius 1 is 1.41 bits per heavy atom. The fourth-order valence-corrected chi connectivity index (χ4v) is 2.22. The Labute approximate surface area is 131 Å². The second kappa shape index (κ2) is 7.36. The number of nitrogens with zero attached hydrogens (tertiary/aromatic N) is 3. The molecule has 0 aliphatic carbocycles. The fraction of sp³-hybridized carbons (Fsp3) is 0.231. The molecule has 1 heterocycles. The summed E-state index contributed by atoms with van der Waals surface area (Å²) in [6, 6.07) is 5.28. The van der Waals surface area contributed by atoms with Gasteiger partial charge >= 0.3 is 0 Å². The van der Waals surface area contributed by atoms with Gasteiger partial charge in [0, 0.05) is 11.6 Å². The van der Waals surface area contributed by atoms with E-state index < -0.39 is 0 Å². The Balaban J connectivity index is 1.95. The van der Waals surface area contributed by atoms with Gasteiger partial charge in [-0.15, -0.1) is 10.2 Å². The van der Waals surface area contributed by atoms with Crippen LogP contribution in [0.15, 0.2) is 23.3 Å². The number of carbonyl (C=O) groups excluding carboxylic acids is 1. The summed E-state index contributed by atoms with van der Waals surface area (Å²) in [4.78, 5) is 11.7. The second-order valence-electron chi connectivity index (χ2n) is 4.11. The first kappa shape index (κ1) is 15.7. The Bertz CT molecular complexity index is 686. The number of nitrogens with one attached hydrogen (secondary N) is 1. The van der Waals surface area contributed by atoms with Crippen LogP contribution in [0.1, 0.15) is 10.6 Å². The van der Waals surface area contributed by atoms with Crippen LogP contribution >= 0.6 is 11.3 Å². The number of nitrogens with two attached hydrogens (primary N) is 1. The number of amides is 1. The van der Waals surface area contributed by atoms with Crippen molar-refractivity contribution in [1.82, 2.24) is 15.6 Å². The lowest BCUT2D eigenvalue weighted by atomic mass is 10.2. The van der Waals surface area contributed by atoms with Crippen LogP contribution in [0, 0.1) is 0 Å². The lowest BCUT2D eigenvalue weighted by Crippen LogP contribution is -2.19. The topological polar surface area (TPSA) is 112 Å². The molecular weight excluding hydrogens is 306 g/mol. The van der Waals surface area contributed by atoms with Crippen LogP contribution in [0.2, 0.25) is 0 Å². The highest BCUT2D eigenvalue weighted by Crippen LogP contribution is 2.22. The van der Waals surface area contributed by atoms with Crippen LogP contribution in [0.3, 0.4) is 0 Å². The van der Waals surface area contributed by atoms with Crippen molar-refractivity contribution in [3.05, 3.63) is 28.8 Å². The molecule has 0 saturated carbocycles. The van der Waals surface area contributed by atoms with E-state index in [1.807, 2.05) is 0 Å². The second-order valence-corrected chi connectivity index (χ2v) is 5.21. The van der Waals surface area contributed by atoms with Gasteiger partial charge in [0.2, 0.25) is 11.0 Å². The van der Waals surface area contributed by atoms with Crippen LogP contribution in [-0.2, 0) is 11.2 Å². The molecule has 1 aromatic carbocycles. The van der Waals surface area contributed by atoms with Gasteiger partial charge in [0.25, 0.3) is 0 Å². The summed E-state index contributed by atoms with van der Waals surface area (Å²) in [6.45, 7) is 0. The SMILES string of the molecule is COc1ccc(/C=N\NC(=O)Cc2nnc(N)s2)c(OC)c1. The number of benzene rings is 1. The number of anilines is 1. The Morgan fingerprint density at radius 2 is 2.23 bits per heavy atom. The maximum atomic E-state index is 11.7.